The van der Waals surface area contributed by atoms with Crippen molar-refractivity contribution in [1.82, 2.24) is 5.32 Å². The molecule has 0 spiro atoms. The van der Waals surface area contributed by atoms with Crippen molar-refractivity contribution in [2.75, 3.05) is 13.1 Å². The second-order valence-corrected chi connectivity index (χ2v) is 6.32. The predicted molar refractivity (Wildman–Crippen MR) is 83.7 cm³/mol. The maximum Gasteiger partial charge on any atom is 0.127 e. The van der Waals surface area contributed by atoms with Gasteiger partial charge in [0, 0.05) is 10.6 Å². The third-order valence-corrected chi connectivity index (χ3v) is 4.78. The van der Waals surface area contributed by atoms with E-state index in [-0.39, 0.29) is 5.82 Å². The summed E-state index contributed by atoms with van der Waals surface area (Å²) in [7, 11) is 0. The third kappa shape index (κ3) is 4.20. The third-order valence-electron chi connectivity index (χ3n) is 4.43. The topological polar surface area (TPSA) is 12.0 Å². The molecule has 1 aliphatic carbocycles. The Morgan fingerprint density at radius 1 is 1.35 bits per heavy atom. The first-order valence-electron chi connectivity index (χ1n) is 7.86. The van der Waals surface area contributed by atoms with E-state index in [0.29, 0.717) is 16.5 Å². The van der Waals surface area contributed by atoms with E-state index in [9.17, 15) is 4.39 Å². The zero-order valence-corrected chi connectivity index (χ0v) is 13.1. The number of hydrogen-bond donors (Lipinski definition) is 1. The summed E-state index contributed by atoms with van der Waals surface area (Å²) in [5.41, 5.74) is 0.698. The van der Waals surface area contributed by atoms with Crippen LogP contribution in [0.25, 0.3) is 0 Å². The van der Waals surface area contributed by atoms with Crippen molar-refractivity contribution in [2.45, 2.75) is 45.4 Å². The Balaban J connectivity index is 2.05. The van der Waals surface area contributed by atoms with Gasteiger partial charge in [-0.05, 0) is 49.9 Å². The van der Waals surface area contributed by atoms with Gasteiger partial charge >= 0.3 is 0 Å². The van der Waals surface area contributed by atoms with Gasteiger partial charge in [0.1, 0.15) is 5.82 Å². The second kappa shape index (κ2) is 7.99. The number of nitrogens with one attached hydrogen (secondary N) is 1. The molecule has 0 radical (unpaired) electrons. The van der Waals surface area contributed by atoms with E-state index in [0.717, 1.165) is 31.8 Å². The quantitative estimate of drug-likeness (QED) is 0.711. The van der Waals surface area contributed by atoms with Gasteiger partial charge in [-0.15, -0.1) is 0 Å². The normalized spacial score (nSPS) is 17.6. The van der Waals surface area contributed by atoms with Gasteiger partial charge in [0.2, 0.25) is 0 Å². The van der Waals surface area contributed by atoms with Crippen molar-refractivity contribution in [3.8, 4) is 0 Å². The summed E-state index contributed by atoms with van der Waals surface area (Å²) in [6, 6.07) is 5.00. The van der Waals surface area contributed by atoms with E-state index in [4.69, 9.17) is 11.6 Å². The van der Waals surface area contributed by atoms with Crippen molar-refractivity contribution in [3.63, 3.8) is 0 Å². The molecule has 0 bridgehead atoms. The molecule has 1 aromatic rings. The molecule has 1 saturated carbocycles. The molecule has 1 fully saturated rings. The Labute approximate surface area is 126 Å². The fraction of sp³-hybridized carbons (Fsp3) is 0.647. The molecule has 20 heavy (non-hydrogen) atoms. The fourth-order valence-corrected chi connectivity index (χ4v) is 3.53. The Bertz CT molecular complexity index is 395. The zero-order chi connectivity index (χ0) is 14.4. The molecule has 0 amide bonds. The van der Waals surface area contributed by atoms with E-state index in [1.807, 2.05) is 0 Å². The standard InChI is InChI=1S/C17H25ClFN/c1-2-10-20-12-14(13-6-3-4-7-13)11-15-16(18)8-5-9-17(15)19/h5,8-9,13-14,20H,2-4,6-7,10-12H2,1H3. The van der Waals surface area contributed by atoms with Gasteiger partial charge in [-0.3, -0.25) is 0 Å². The first-order chi connectivity index (χ1) is 9.72. The smallest absolute Gasteiger partial charge is 0.127 e. The highest BCUT2D eigenvalue weighted by molar-refractivity contribution is 6.31. The molecule has 3 heteroatoms. The van der Waals surface area contributed by atoms with E-state index in [2.05, 4.69) is 12.2 Å². The van der Waals surface area contributed by atoms with Crippen LogP contribution in [-0.2, 0) is 6.42 Å². The van der Waals surface area contributed by atoms with Crippen LogP contribution >= 0.6 is 11.6 Å². The zero-order valence-electron chi connectivity index (χ0n) is 12.3. The minimum absolute atomic E-state index is 0.156. The summed E-state index contributed by atoms with van der Waals surface area (Å²) in [6.45, 7) is 4.18. The highest BCUT2D eigenvalue weighted by Gasteiger charge is 2.26. The average molecular weight is 298 g/mol. The van der Waals surface area contributed by atoms with Gasteiger partial charge in [0.05, 0.1) is 0 Å². The summed E-state index contributed by atoms with van der Waals surface area (Å²) < 4.78 is 14.0. The molecule has 0 aliphatic heterocycles. The Hall–Kier alpha value is -0.600. The number of rotatable bonds is 7. The van der Waals surface area contributed by atoms with Crippen LogP contribution in [0, 0.1) is 17.7 Å². The van der Waals surface area contributed by atoms with Crippen LogP contribution in [-0.4, -0.2) is 13.1 Å². The summed E-state index contributed by atoms with van der Waals surface area (Å²) >= 11 is 6.18. The van der Waals surface area contributed by atoms with Gasteiger partial charge in [0.25, 0.3) is 0 Å². The van der Waals surface area contributed by atoms with Gasteiger partial charge in [-0.25, -0.2) is 4.39 Å². The van der Waals surface area contributed by atoms with E-state index >= 15 is 0 Å². The second-order valence-electron chi connectivity index (χ2n) is 5.91. The molecule has 0 aromatic heterocycles. The summed E-state index contributed by atoms with van der Waals surface area (Å²) in [4.78, 5) is 0. The van der Waals surface area contributed by atoms with Crippen LogP contribution in [0.4, 0.5) is 4.39 Å². The molecule has 1 aliphatic rings. The minimum Gasteiger partial charge on any atom is -0.316 e. The first kappa shape index (κ1) is 15.8. The SMILES string of the molecule is CCCNCC(Cc1c(F)cccc1Cl)C1CCCC1. The van der Waals surface area contributed by atoms with Crippen molar-refractivity contribution in [3.05, 3.63) is 34.6 Å². The maximum atomic E-state index is 14.0. The van der Waals surface area contributed by atoms with Crippen LogP contribution in [0.1, 0.15) is 44.6 Å². The molecular formula is C17H25ClFN. The Morgan fingerprint density at radius 3 is 2.75 bits per heavy atom. The van der Waals surface area contributed by atoms with Crippen LogP contribution in [0.5, 0.6) is 0 Å². The van der Waals surface area contributed by atoms with E-state index < -0.39 is 0 Å². The summed E-state index contributed by atoms with van der Waals surface area (Å²) in [6.07, 6.45) is 7.10. The molecule has 1 aromatic carbocycles. The molecule has 2 rings (SSSR count). The first-order valence-corrected chi connectivity index (χ1v) is 8.23. The number of hydrogen-bond acceptors (Lipinski definition) is 1. The molecule has 112 valence electrons. The van der Waals surface area contributed by atoms with Gasteiger partial charge in [-0.2, -0.15) is 0 Å². The van der Waals surface area contributed by atoms with Gasteiger partial charge in [-0.1, -0.05) is 50.3 Å². The minimum atomic E-state index is -0.156. The van der Waals surface area contributed by atoms with Crippen LogP contribution in [0.15, 0.2) is 18.2 Å². The monoisotopic (exact) mass is 297 g/mol. The summed E-state index contributed by atoms with van der Waals surface area (Å²) in [5, 5.41) is 4.08. The van der Waals surface area contributed by atoms with Crippen molar-refractivity contribution >= 4 is 11.6 Å². The lowest BCUT2D eigenvalue weighted by molar-refractivity contribution is 0.318. The summed E-state index contributed by atoms with van der Waals surface area (Å²) in [5.74, 6) is 1.06. The molecule has 1 atom stereocenters. The lowest BCUT2D eigenvalue weighted by Gasteiger charge is -2.24. The molecular weight excluding hydrogens is 273 g/mol. The Kier molecular flexibility index (Phi) is 6.31. The Morgan fingerprint density at radius 2 is 2.10 bits per heavy atom. The number of benzene rings is 1. The molecule has 0 saturated heterocycles. The van der Waals surface area contributed by atoms with Crippen molar-refractivity contribution in [1.29, 1.82) is 0 Å². The average Bonchev–Trinajstić information content (AvgIpc) is 2.95. The maximum absolute atomic E-state index is 14.0. The number of halogens is 2. The fourth-order valence-electron chi connectivity index (χ4n) is 3.29. The molecule has 0 heterocycles. The van der Waals surface area contributed by atoms with E-state index in [1.54, 1.807) is 12.1 Å². The van der Waals surface area contributed by atoms with Crippen LogP contribution in [0.3, 0.4) is 0 Å². The molecule has 1 nitrogen and oxygen atoms in total. The molecule has 1 N–H and O–H groups in total. The highest BCUT2D eigenvalue weighted by atomic mass is 35.5. The molecule has 1 unspecified atom stereocenters. The predicted octanol–water partition coefficient (Wildman–Crippen LogP) is 4.83. The lowest BCUT2D eigenvalue weighted by atomic mass is 9.85. The van der Waals surface area contributed by atoms with Crippen molar-refractivity contribution in [2.24, 2.45) is 11.8 Å². The van der Waals surface area contributed by atoms with Gasteiger partial charge < -0.3 is 5.32 Å². The lowest BCUT2D eigenvalue weighted by Crippen LogP contribution is -2.29. The van der Waals surface area contributed by atoms with Crippen LogP contribution in [0.2, 0.25) is 5.02 Å². The van der Waals surface area contributed by atoms with Crippen LogP contribution < -0.4 is 5.32 Å². The van der Waals surface area contributed by atoms with E-state index in [1.165, 1.54) is 31.7 Å². The van der Waals surface area contributed by atoms with Crippen molar-refractivity contribution < 1.29 is 4.39 Å². The highest BCUT2D eigenvalue weighted by Crippen LogP contribution is 2.34. The van der Waals surface area contributed by atoms with Gasteiger partial charge in [0.15, 0.2) is 0 Å². The largest absolute Gasteiger partial charge is 0.316 e.